The van der Waals surface area contributed by atoms with Crippen molar-refractivity contribution in [2.45, 2.75) is 39.2 Å². The van der Waals surface area contributed by atoms with Crippen LogP contribution in [0.25, 0.3) is 22.5 Å². The smallest absolute Gasteiger partial charge is 0.222 e. The number of carbonyl (C=O) groups excluding carboxylic acids is 1. The van der Waals surface area contributed by atoms with Crippen LogP contribution >= 0.6 is 0 Å². The minimum Gasteiger partial charge on any atom is -0.489 e. The Morgan fingerprint density at radius 1 is 1.29 bits per heavy atom. The van der Waals surface area contributed by atoms with E-state index >= 15 is 0 Å². The van der Waals surface area contributed by atoms with Gasteiger partial charge in [0.2, 0.25) is 5.91 Å². The number of fused-ring (bicyclic) bond motifs is 7. The van der Waals surface area contributed by atoms with Crippen molar-refractivity contribution < 1.29 is 13.9 Å². The Bertz CT molecular complexity index is 1460. The Labute approximate surface area is 202 Å². The van der Waals surface area contributed by atoms with Crippen molar-refractivity contribution in [1.29, 1.82) is 0 Å². The van der Waals surface area contributed by atoms with E-state index in [0.29, 0.717) is 35.5 Å². The molecule has 0 saturated heterocycles. The summed E-state index contributed by atoms with van der Waals surface area (Å²) in [7, 11) is 8.40. The Morgan fingerprint density at radius 3 is 2.83 bits per heavy atom. The fourth-order valence-electron chi connectivity index (χ4n) is 4.41. The number of hydrogen-bond acceptors (Lipinski definition) is 6. The molecule has 3 aromatic heterocycles. The van der Waals surface area contributed by atoms with Crippen LogP contribution in [0.4, 0.5) is 10.2 Å². The Hall–Kier alpha value is -4.02. The number of ether oxygens (including phenoxy) is 1. The number of carbonyl (C=O) groups is 1. The molecule has 0 aliphatic carbocycles. The minimum atomic E-state index is -1.51. The number of anilines is 1. The summed E-state index contributed by atoms with van der Waals surface area (Å²) >= 11 is 0. The third-order valence-corrected chi connectivity index (χ3v) is 5.87. The van der Waals surface area contributed by atoms with Crippen molar-refractivity contribution in [1.82, 2.24) is 29.8 Å². The van der Waals surface area contributed by atoms with E-state index in [1.165, 1.54) is 23.9 Å². The third kappa shape index (κ3) is 4.07. The number of aryl methyl sites for hydroxylation is 2. The molecule has 176 valence electrons. The van der Waals surface area contributed by atoms with Crippen LogP contribution in [0.3, 0.4) is 0 Å². The number of pyridine rings is 1. The van der Waals surface area contributed by atoms with E-state index in [2.05, 4.69) is 25.6 Å². The van der Waals surface area contributed by atoms with Gasteiger partial charge in [-0.05, 0) is 43.7 Å². The molecule has 0 unspecified atom stereocenters. The average molecular weight is 471 g/mol. The van der Waals surface area contributed by atoms with Gasteiger partial charge in [0.25, 0.3) is 0 Å². The van der Waals surface area contributed by atoms with Crippen LogP contribution in [0.15, 0.2) is 36.7 Å². The van der Waals surface area contributed by atoms with E-state index in [1.807, 2.05) is 11.6 Å². The van der Waals surface area contributed by atoms with Crippen molar-refractivity contribution in [2.24, 2.45) is 7.05 Å². The van der Waals surface area contributed by atoms with Gasteiger partial charge >= 0.3 is 0 Å². The molecule has 1 aliphatic rings. The highest BCUT2D eigenvalue weighted by Crippen LogP contribution is 2.40. The molecule has 11 heteroatoms. The second-order valence-corrected chi connectivity index (χ2v) is 8.65. The first-order valence-corrected chi connectivity index (χ1v) is 11.2. The van der Waals surface area contributed by atoms with Gasteiger partial charge in [-0.1, -0.05) is 0 Å². The molecule has 5 rings (SSSR count). The lowest BCUT2D eigenvalue weighted by Gasteiger charge is -2.31. The summed E-state index contributed by atoms with van der Waals surface area (Å²) in [5, 5.41) is 16.4. The van der Waals surface area contributed by atoms with Crippen molar-refractivity contribution in [3.8, 4) is 28.3 Å². The van der Waals surface area contributed by atoms with Gasteiger partial charge in [-0.2, -0.15) is 20.1 Å². The largest absolute Gasteiger partial charge is 0.489 e. The highest BCUT2D eigenvalue weighted by Gasteiger charge is 2.31. The van der Waals surface area contributed by atoms with Crippen molar-refractivity contribution in [3.63, 3.8) is 0 Å². The minimum absolute atomic E-state index is 0.206. The average Bonchev–Trinajstić information content (AvgIpc) is 3.36. The standard InChI is InChI=1S/C24H23BFN7O2/c1-5-33-22-14(12-28-33)8-19-21(31-32(4)30-19)17-7-6-16(26)10-18(17)24(3,25)35-20-9-15(22)11-27-23(20)29-13(2)34/h6-7,9-12H,5,8H2,1-4H3,(H,27,29,34)/t24-/m1/s1. The van der Waals surface area contributed by atoms with Gasteiger partial charge in [-0.3, -0.25) is 9.48 Å². The van der Waals surface area contributed by atoms with Crippen LogP contribution in [0, 0.1) is 5.82 Å². The monoisotopic (exact) mass is 471 g/mol. The predicted octanol–water partition coefficient (Wildman–Crippen LogP) is 3.18. The van der Waals surface area contributed by atoms with Gasteiger partial charge in [0, 0.05) is 49.8 Å². The zero-order chi connectivity index (χ0) is 24.9. The van der Waals surface area contributed by atoms with Gasteiger partial charge in [0.05, 0.1) is 23.1 Å². The summed E-state index contributed by atoms with van der Waals surface area (Å²) < 4.78 is 22.6. The normalized spacial score (nSPS) is 16.7. The van der Waals surface area contributed by atoms with E-state index in [1.54, 1.807) is 38.5 Å². The number of aromatic nitrogens is 6. The molecule has 0 spiro atoms. The second kappa shape index (κ2) is 8.33. The maximum atomic E-state index is 14.5. The molecule has 4 heterocycles. The fourth-order valence-corrected chi connectivity index (χ4v) is 4.41. The zero-order valence-corrected chi connectivity index (χ0v) is 19.8. The van der Waals surface area contributed by atoms with E-state index in [0.717, 1.165) is 16.8 Å². The number of nitrogens with zero attached hydrogens (tertiary/aromatic N) is 6. The lowest BCUT2D eigenvalue weighted by molar-refractivity contribution is -0.114. The zero-order valence-electron chi connectivity index (χ0n) is 19.8. The molecule has 1 aliphatic heterocycles. The predicted molar refractivity (Wildman–Crippen MR) is 128 cm³/mol. The second-order valence-electron chi connectivity index (χ2n) is 8.65. The molecule has 35 heavy (non-hydrogen) atoms. The number of amides is 1. The molecule has 2 radical (unpaired) electrons. The molecule has 1 atom stereocenters. The van der Waals surface area contributed by atoms with Gasteiger partial charge in [-0.25, -0.2) is 9.37 Å². The summed E-state index contributed by atoms with van der Waals surface area (Å²) in [5.74, 6) is -0.336. The molecule has 9 nitrogen and oxygen atoms in total. The number of benzene rings is 1. The van der Waals surface area contributed by atoms with Crippen LogP contribution in [0.1, 0.15) is 37.6 Å². The van der Waals surface area contributed by atoms with Crippen molar-refractivity contribution in [2.75, 3.05) is 5.32 Å². The summed E-state index contributed by atoms with van der Waals surface area (Å²) in [4.78, 5) is 17.8. The van der Waals surface area contributed by atoms with E-state index in [-0.39, 0.29) is 17.5 Å². The number of nitrogens with one attached hydrogen (secondary N) is 1. The van der Waals surface area contributed by atoms with E-state index < -0.39 is 11.3 Å². The quantitative estimate of drug-likeness (QED) is 0.451. The molecule has 4 aromatic rings. The molecule has 0 fully saturated rings. The summed E-state index contributed by atoms with van der Waals surface area (Å²) in [6.07, 6.45) is 3.87. The van der Waals surface area contributed by atoms with Crippen LogP contribution in [0.5, 0.6) is 5.75 Å². The Morgan fingerprint density at radius 2 is 2.09 bits per heavy atom. The molecule has 2 bridgehead atoms. The van der Waals surface area contributed by atoms with E-state index in [4.69, 9.17) is 12.6 Å². The third-order valence-electron chi connectivity index (χ3n) is 5.87. The lowest BCUT2D eigenvalue weighted by atomic mass is 9.74. The molecule has 1 aromatic carbocycles. The van der Waals surface area contributed by atoms with Crippen LogP contribution in [0.2, 0.25) is 0 Å². The van der Waals surface area contributed by atoms with Crippen molar-refractivity contribution in [3.05, 3.63) is 59.3 Å². The SMILES string of the molecule is [B][C@]1(C)Oc2cc(cnc2NC(C)=O)-c2c(cnn2CC)Cc2nn(C)nc2-c2ccc(F)cc21. The first kappa shape index (κ1) is 22.8. The first-order valence-electron chi connectivity index (χ1n) is 11.2. The maximum Gasteiger partial charge on any atom is 0.222 e. The van der Waals surface area contributed by atoms with Crippen LogP contribution < -0.4 is 10.1 Å². The first-order chi connectivity index (χ1) is 16.7. The molecule has 1 amide bonds. The van der Waals surface area contributed by atoms with Crippen molar-refractivity contribution >= 4 is 19.6 Å². The number of halogens is 1. The Balaban J connectivity index is 1.83. The summed E-state index contributed by atoms with van der Waals surface area (Å²) in [5.41, 5.74) is 3.21. The molecular weight excluding hydrogens is 448 g/mol. The van der Waals surface area contributed by atoms with E-state index in [9.17, 15) is 9.18 Å². The van der Waals surface area contributed by atoms with Crippen LogP contribution in [-0.4, -0.2) is 43.5 Å². The number of rotatable bonds is 2. The molecule has 0 saturated carbocycles. The highest BCUT2D eigenvalue weighted by atomic mass is 19.1. The summed E-state index contributed by atoms with van der Waals surface area (Å²) in [6, 6.07) is 6.06. The van der Waals surface area contributed by atoms with Gasteiger partial charge in [0.15, 0.2) is 11.6 Å². The highest BCUT2D eigenvalue weighted by molar-refractivity contribution is 6.15. The molecule has 1 N–H and O–H groups in total. The van der Waals surface area contributed by atoms with Gasteiger partial charge in [-0.15, -0.1) is 0 Å². The van der Waals surface area contributed by atoms with Crippen LogP contribution in [-0.2, 0) is 30.3 Å². The number of hydrogen-bond donors (Lipinski definition) is 1. The van der Waals surface area contributed by atoms with Gasteiger partial charge in [0.1, 0.15) is 19.4 Å². The molecular formula is C24H23BFN7O2. The lowest BCUT2D eigenvalue weighted by Crippen LogP contribution is -2.31. The topological polar surface area (TPSA) is 99.7 Å². The fraction of sp³-hybridized carbons (Fsp3) is 0.292. The maximum absolute atomic E-state index is 14.5. The van der Waals surface area contributed by atoms with Gasteiger partial charge < -0.3 is 10.1 Å². The Kier molecular flexibility index (Phi) is 5.42. The summed E-state index contributed by atoms with van der Waals surface area (Å²) in [6.45, 7) is 5.63.